The van der Waals surface area contributed by atoms with E-state index in [0.29, 0.717) is 6.61 Å². The molecule has 1 aliphatic heterocycles. The second kappa shape index (κ2) is 6.38. The number of hydrogen-bond acceptors (Lipinski definition) is 3. The Kier molecular flexibility index (Phi) is 4.83. The molecule has 1 aromatic rings. The highest BCUT2D eigenvalue weighted by molar-refractivity contribution is 9.10. The molecule has 17 heavy (non-hydrogen) atoms. The fraction of sp³-hybridized carbons (Fsp3) is 0.538. The summed E-state index contributed by atoms with van der Waals surface area (Å²) in [6.07, 6.45) is 1.18. The molecular formula is C13H18BrNO2. The molecule has 0 radical (unpaired) electrons. The predicted molar refractivity (Wildman–Crippen MR) is 71.4 cm³/mol. The molecule has 1 saturated heterocycles. The van der Waals surface area contributed by atoms with Gasteiger partial charge in [-0.3, -0.25) is 0 Å². The molecule has 4 heteroatoms. The van der Waals surface area contributed by atoms with E-state index in [1.807, 2.05) is 6.07 Å². The molecule has 1 aliphatic rings. The van der Waals surface area contributed by atoms with Crippen LogP contribution in [0.15, 0.2) is 22.7 Å². The highest BCUT2D eigenvalue weighted by Gasteiger charge is 2.18. The lowest BCUT2D eigenvalue weighted by Crippen LogP contribution is -2.16. The van der Waals surface area contributed by atoms with Crippen molar-refractivity contribution in [1.29, 1.82) is 0 Å². The van der Waals surface area contributed by atoms with E-state index in [4.69, 9.17) is 9.47 Å². The molecular weight excluding hydrogens is 282 g/mol. The van der Waals surface area contributed by atoms with Crippen molar-refractivity contribution in [1.82, 2.24) is 5.32 Å². The van der Waals surface area contributed by atoms with E-state index >= 15 is 0 Å². The van der Waals surface area contributed by atoms with Gasteiger partial charge in [-0.2, -0.15) is 0 Å². The van der Waals surface area contributed by atoms with Crippen molar-refractivity contribution >= 4 is 15.9 Å². The number of benzene rings is 1. The fourth-order valence-electron chi connectivity index (χ4n) is 1.80. The molecule has 0 saturated carbocycles. The lowest BCUT2D eigenvalue weighted by atomic mass is 10.2. The van der Waals surface area contributed by atoms with Gasteiger partial charge in [0, 0.05) is 13.0 Å². The highest BCUT2D eigenvalue weighted by Crippen LogP contribution is 2.28. The third-order valence-electron chi connectivity index (χ3n) is 2.76. The average Bonchev–Trinajstić information content (AvgIpc) is 2.82. The van der Waals surface area contributed by atoms with Gasteiger partial charge >= 0.3 is 0 Å². The lowest BCUT2D eigenvalue weighted by molar-refractivity contribution is 0.141. The number of halogens is 1. The van der Waals surface area contributed by atoms with Crippen molar-refractivity contribution < 1.29 is 9.47 Å². The number of ether oxygens (including phenoxy) is 2. The van der Waals surface area contributed by atoms with Crippen molar-refractivity contribution in [3.63, 3.8) is 0 Å². The average molecular weight is 300 g/mol. The molecule has 1 heterocycles. The van der Waals surface area contributed by atoms with Gasteiger partial charge in [0.05, 0.1) is 17.7 Å². The van der Waals surface area contributed by atoms with Gasteiger partial charge in [0.2, 0.25) is 0 Å². The molecule has 0 aliphatic carbocycles. The van der Waals surface area contributed by atoms with Crippen LogP contribution >= 0.6 is 15.9 Å². The summed E-state index contributed by atoms with van der Waals surface area (Å²) < 4.78 is 12.2. The summed E-state index contributed by atoms with van der Waals surface area (Å²) in [6.45, 7) is 5.48. The van der Waals surface area contributed by atoms with Crippen molar-refractivity contribution in [3.8, 4) is 5.75 Å². The van der Waals surface area contributed by atoms with Crippen LogP contribution in [0.5, 0.6) is 5.75 Å². The van der Waals surface area contributed by atoms with Gasteiger partial charge in [-0.25, -0.2) is 0 Å². The second-order valence-electron chi connectivity index (χ2n) is 4.15. The highest BCUT2D eigenvalue weighted by atomic mass is 79.9. The summed E-state index contributed by atoms with van der Waals surface area (Å²) in [4.78, 5) is 0. The van der Waals surface area contributed by atoms with Crippen molar-refractivity contribution in [3.05, 3.63) is 28.2 Å². The quantitative estimate of drug-likeness (QED) is 0.907. The van der Waals surface area contributed by atoms with Crippen LogP contribution in [0.3, 0.4) is 0 Å². The van der Waals surface area contributed by atoms with Crippen LogP contribution < -0.4 is 10.1 Å². The summed E-state index contributed by atoms with van der Waals surface area (Å²) >= 11 is 3.55. The summed E-state index contributed by atoms with van der Waals surface area (Å²) in [5, 5.41) is 3.30. The minimum atomic E-state index is 0.200. The molecule has 1 N–H and O–H groups in total. The minimum Gasteiger partial charge on any atom is -0.487 e. The maximum Gasteiger partial charge on any atom is 0.134 e. The van der Waals surface area contributed by atoms with Crippen LogP contribution in [0.1, 0.15) is 18.9 Å². The van der Waals surface area contributed by atoms with Gasteiger partial charge in [0.25, 0.3) is 0 Å². The Morgan fingerprint density at radius 2 is 2.41 bits per heavy atom. The predicted octanol–water partition coefficient (Wildman–Crippen LogP) is 2.73. The van der Waals surface area contributed by atoms with Crippen LogP contribution in [0.4, 0.5) is 0 Å². The maximum atomic E-state index is 5.87. The van der Waals surface area contributed by atoms with E-state index in [1.54, 1.807) is 0 Å². The zero-order chi connectivity index (χ0) is 12.1. The van der Waals surface area contributed by atoms with Crippen LogP contribution in [0.2, 0.25) is 0 Å². The zero-order valence-corrected chi connectivity index (χ0v) is 11.6. The largest absolute Gasteiger partial charge is 0.487 e. The first-order valence-electron chi connectivity index (χ1n) is 6.03. The Labute approximate surface area is 111 Å². The molecule has 2 rings (SSSR count). The molecule has 94 valence electrons. The standard InChI is InChI=1S/C13H18BrNO2/c1-2-15-8-10-3-4-13(12(14)7-10)17-11-5-6-16-9-11/h3-4,7,11,15H,2,5-6,8-9H2,1H3. The zero-order valence-electron chi connectivity index (χ0n) is 10.0. The molecule has 1 fully saturated rings. The Hall–Kier alpha value is -0.580. The Morgan fingerprint density at radius 3 is 3.06 bits per heavy atom. The van der Waals surface area contributed by atoms with E-state index in [9.17, 15) is 0 Å². The number of nitrogens with one attached hydrogen (secondary N) is 1. The van der Waals surface area contributed by atoms with Gasteiger partial charge in [-0.1, -0.05) is 13.0 Å². The summed E-state index contributed by atoms with van der Waals surface area (Å²) in [5.41, 5.74) is 1.26. The van der Waals surface area contributed by atoms with E-state index < -0.39 is 0 Å². The van der Waals surface area contributed by atoms with Crippen LogP contribution in [0, 0.1) is 0 Å². The van der Waals surface area contributed by atoms with Crippen molar-refractivity contribution in [2.75, 3.05) is 19.8 Å². The first-order valence-corrected chi connectivity index (χ1v) is 6.82. The molecule has 0 bridgehead atoms. The van der Waals surface area contributed by atoms with E-state index in [0.717, 1.165) is 36.3 Å². The van der Waals surface area contributed by atoms with Crippen LogP contribution in [0.25, 0.3) is 0 Å². The fourth-order valence-corrected chi connectivity index (χ4v) is 2.32. The van der Waals surface area contributed by atoms with Gasteiger partial charge in [-0.15, -0.1) is 0 Å². The number of rotatable bonds is 5. The SMILES string of the molecule is CCNCc1ccc(OC2CCOC2)c(Br)c1. The lowest BCUT2D eigenvalue weighted by Gasteiger charge is -2.14. The normalized spacial score (nSPS) is 19.5. The Bertz CT molecular complexity index is 364. The molecule has 3 nitrogen and oxygen atoms in total. The summed E-state index contributed by atoms with van der Waals surface area (Å²) in [5.74, 6) is 0.903. The smallest absolute Gasteiger partial charge is 0.134 e. The topological polar surface area (TPSA) is 30.5 Å². The van der Waals surface area contributed by atoms with Crippen molar-refractivity contribution in [2.45, 2.75) is 26.0 Å². The summed E-state index contributed by atoms with van der Waals surface area (Å²) in [6, 6.07) is 6.22. The maximum absolute atomic E-state index is 5.87. The first-order chi connectivity index (χ1) is 8.29. The van der Waals surface area contributed by atoms with Crippen LogP contribution in [-0.2, 0) is 11.3 Å². The van der Waals surface area contributed by atoms with Gasteiger partial charge < -0.3 is 14.8 Å². The minimum absolute atomic E-state index is 0.200. The monoisotopic (exact) mass is 299 g/mol. The van der Waals surface area contributed by atoms with E-state index in [1.165, 1.54) is 5.56 Å². The van der Waals surface area contributed by atoms with Gasteiger partial charge in [-0.05, 0) is 40.2 Å². The van der Waals surface area contributed by atoms with Crippen molar-refractivity contribution in [2.24, 2.45) is 0 Å². The third kappa shape index (κ3) is 3.69. The molecule has 0 amide bonds. The van der Waals surface area contributed by atoms with E-state index in [-0.39, 0.29) is 6.10 Å². The molecule has 1 aromatic carbocycles. The molecule has 1 unspecified atom stereocenters. The number of hydrogen-bond donors (Lipinski definition) is 1. The Balaban J connectivity index is 1.98. The molecule has 0 spiro atoms. The van der Waals surface area contributed by atoms with Gasteiger partial charge in [0.15, 0.2) is 0 Å². The molecule has 1 atom stereocenters. The Morgan fingerprint density at radius 1 is 1.53 bits per heavy atom. The van der Waals surface area contributed by atoms with Crippen LogP contribution in [-0.4, -0.2) is 25.9 Å². The first kappa shape index (κ1) is 12.9. The third-order valence-corrected chi connectivity index (χ3v) is 3.38. The van der Waals surface area contributed by atoms with Gasteiger partial charge in [0.1, 0.15) is 11.9 Å². The molecule has 0 aromatic heterocycles. The van der Waals surface area contributed by atoms with E-state index in [2.05, 4.69) is 40.3 Å². The second-order valence-corrected chi connectivity index (χ2v) is 5.00. The summed E-state index contributed by atoms with van der Waals surface area (Å²) in [7, 11) is 0.